The molecule has 0 aromatic rings. The van der Waals surface area contributed by atoms with Crippen LogP contribution < -0.4 is 0 Å². The summed E-state index contributed by atoms with van der Waals surface area (Å²) >= 11 is 0. The molecular weight excluding hydrogens is 210 g/mol. The van der Waals surface area contributed by atoms with E-state index in [0.29, 0.717) is 13.2 Å². The Labute approximate surface area is 94.4 Å². The molecule has 1 atom stereocenters. The number of aliphatic carboxylic acids is 1. The van der Waals surface area contributed by atoms with Crippen molar-refractivity contribution in [3.8, 4) is 0 Å². The van der Waals surface area contributed by atoms with Crippen molar-refractivity contribution in [3.05, 3.63) is 0 Å². The van der Waals surface area contributed by atoms with Crippen LogP contribution in [0.15, 0.2) is 0 Å². The first-order chi connectivity index (χ1) is 7.68. The molecule has 2 rings (SSSR count). The lowest BCUT2D eigenvalue weighted by Crippen LogP contribution is -2.43. The second kappa shape index (κ2) is 4.82. The van der Waals surface area contributed by atoms with E-state index in [-0.39, 0.29) is 24.4 Å². The Morgan fingerprint density at radius 2 is 2.06 bits per heavy atom. The maximum Gasteiger partial charge on any atom is 0.323 e. The largest absolute Gasteiger partial charge is 0.480 e. The molecule has 0 aromatic heterocycles. The summed E-state index contributed by atoms with van der Waals surface area (Å²) in [4.78, 5) is 24.3. The standard InChI is InChI=1S/C11H17NO4/c13-10(14)6-12(9-3-4-9)11(15)8-2-1-5-16-7-8/h8-9H,1-7H2,(H,13,14). The summed E-state index contributed by atoms with van der Waals surface area (Å²) in [5.74, 6) is -1.10. The van der Waals surface area contributed by atoms with Crippen LogP contribution in [0.25, 0.3) is 0 Å². The van der Waals surface area contributed by atoms with Crippen molar-refractivity contribution in [3.63, 3.8) is 0 Å². The fraction of sp³-hybridized carbons (Fsp3) is 0.818. The lowest BCUT2D eigenvalue weighted by Gasteiger charge is -2.28. The predicted octanol–water partition coefficient (Wildman–Crippen LogP) is 0.489. The first-order valence-electron chi connectivity index (χ1n) is 5.78. The first-order valence-corrected chi connectivity index (χ1v) is 5.78. The van der Waals surface area contributed by atoms with E-state index in [1.54, 1.807) is 0 Å². The minimum absolute atomic E-state index is 0.0374. The number of nitrogens with zero attached hydrogens (tertiary/aromatic N) is 1. The van der Waals surface area contributed by atoms with E-state index in [0.717, 1.165) is 25.7 Å². The molecule has 1 aliphatic heterocycles. The van der Waals surface area contributed by atoms with Crippen molar-refractivity contribution >= 4 is 11.9 Å². The normalized spacial score (nSPS) is 25.1. The van der Waals surface area contributed by atoms with Crippen LogP contribution in [0.5, 0.6) is 0 Å². The van der Waals surface area contributed by atoms with Gasteiger partial charge in [-0.3, -0.25) is 9.59 Å². The zero-order chi connectivity index (χ0) is 11.5. The smallest absolute Gasteiger partial charge is 0.323 e. The van der Waals surface area contributed by atoms with Gasteiger partial charge in [-0.15, -0.1) is 0 Å². The molecule has 0 bridgehead atoms. The van der Waals surface area contributed by atoms with Gasteiger partial charge >= 0.3 is 5.97 Å². The molecule has 0 spiro atoms. The fourth-order valence-electron chi connectivity index (χ4n) is 2.09. The van der Waals surface area contributed by atoms with Crippen LogP contribution in [0.3, 0.4) is 0 Å². The Balaban J connectivity index is 1.95. The Kier molecular flexibility index (Phi) is 3.43. The number of amides is 1. The molecule has 90 valence electrons. The fourth-order valence-corrected chi connectivity index (χ4v) is 2.09. The summed E-state index contributed by atoms with van der Waals surface area (Å²) in [5.41, 5.74) is 0. The van der Waals surface area contributed by atoms with Gasteiger partial charge in [-0.1, -0.05) is 0 Å². The molecule has 1 saturated heterocycles. The van der Waals surface area contributed by atoms with Gasteiger partial charge in [-0.25, -0.2) is 0 Å². The molecule has 2 aliphatic rings. The molecule has 5 nitrogen and oxygen atoms in total. The third kappa shape index (κ3) is 2.72. The Morgan fingerprint density at radius 1 is 1.31 bits per heavy atom. The lowest BCUT2D eigenvalue weighted by atomic mass is 10.0. The van der Waals surface area contributed by atoms with E-state index in [4.69, 9.17) is 9.84 Å². The number of ether oxygens (including phenoxy) is 1. The van der Waals surface area contributed by atoms with E-state index < -0.39 is 5.97 Å². The highest BCUT2D eigenvalue weighted by Gasteiger charge is 2.37. The van der Waals surface area contributed by atoms with Gasteiger partial charge in [0.1, 0.15) is 6.54 Å². The highest BCUT2D eigenvalue weighted by molar-refractivity contribution is 5.83. The lowest BCUT2D eigenvalue weighted by molar-refractivity contribution is -0.149. The number of rotatable bonds is 4. The number of carboxylic acids is 1. The molecule has 1 aliphatic carbocycles. The molecular formula is C11H17NO4. The predicted molar refractivity (Wildman–Crippen MR) is 55.9 cm³/mol. The van der Waals surface area contributed by atoms with E-state index >= 15 is 0 Å². The Hall–Kier alpha value is -1.10. The monoisotopic (exact) mass is 227 g/mol. The number of carbonyl (C=O) groups excluding carboxylic acids is 1. The van der Waals surface area contributed by atoms with Crippen LogP contribution in [0, 0.1) is 5.92 Å². The van der Waals surface area contributed by atoms with E-state index in [1.165, 1.54) is 4.90 Å². The first kappa shape index (κ1) is 11.4. The van der Waals surface area contributed by atoms with Gasteiger partial charge in [-0.05, 0) is 25.7 Å². The van der Waals surface area contributed by atoms with Crippen LogP contribution >= 0.6 is 0 Å². The van der Waals surface area contributed by atoms with Crippen molar-refractivity contribution in [2.75, 3.05) is 19.8 Å². The molecule has 0 radical (unpaired) electrons. The van der Waals surface area contributed by atoms with Gasteiger partial charge in [-0.2, -0.15) is 0 Å². The van der Waals surface area contributed by atoms with Gasteiger partial charge in [0.05, 0.1) is 12.5 Å². The molecule has 1 unspecified atom stereocenters. The average Bonchev–Trinajstić information content (AvgIpc) is 3.10. The van der Waals surface area contributed by atoms with Gasteiger partial charge in [0, 0.05) is 12.6 Å². The summed E-state index contributed by atoms with van der Waals surface area (Å²) in [6, 6.07) is 0.158. The Morgan fingerprint density at radius 3 is 2.56 bits per heavy atom. The second-order valence-corrected chi connectivity index (χ2v) is 4.51. The number of hydrogen-bond acceptors (Lipinski definition) is 3. The van der Waals surface area contributed by atoms with E-state index in [1.807, 2.05) is 0 Å². The summed E-state index contributed by atoms with van der Waals surface area (Å²) in [7, 11) is 0. The SMILES string of the molecule is O=C(O)CN(C(=O)C1CCCOC1)C1CC1. The highest BCUT2D eigenvalue weighted by Crippen LogP contribution is 2.29. The van der Waals surface area contributed by atoms with Crippen LogP contribution in [0.4, 0.5) is 0 Å². The topological polar surface area (TPSA) is 66.8 Å². The quantitative estimate of drug-likeness (QED) is 0.759. The second-order valence-electron chi connectivity index (χ2n) is 4.51. The molecule has 1 amide bonds. The molecule has 5 heteroatoms. The van der Waals surface area contributed by atoms with Crippen LogP contribution in [0.2, 0.25) is 0 Å². The Bertz CT molecular complexity index is 282. The molecule has 2 fully saturated rings. The van der Waals surface area contributed by atoms with Gasteiger partial charge in [0.15, 0.2) is 0 Å². The number of hydrogen-bond donors (Lipinski definition) is 1. The maximum absolute atomic E-state index is 12.1. The van der Waals surface area contributed by atoms with Gasteiger partial charge in [0.25, 0.3) is 0 Å². The van der Waals surface area contributed by atoms with Crippen LogP contribution in [0.1, 0.15) is 25.7 Å². The highest BCUT2D eigenvalue weighted by atomic mass is 16.5. The molecule has 1 N–H and O–H groups in total. The van der Waals surface area contributed by atoms with E-state index in [9.17, 15) is 9.59 Å². The number of carbonyl (C=O) groups is 2. The average molecular weight is 227 g/mol. The zero-order valence-electron chi connectivity index (χ0n) is 9.22. The molecule has 1 heterocycles. The van der Waals surface area contributed by atoms with Crippen molar-refractivity contribution in [1.82, 2.24) is 4.90 Å². The third-order valence-electron chi connectivity index (χ3n) is 3.09. The molecule has 16 heavy (non-hydrogen) atoms. The van der Waals surface area contributed by atoms with Crippen molar-refractivity contribution in [1.29, 1.82) is 0 Å². The van der Waals surface area contributed by atoms with E-state index in [2.05, 4.69) is 0 Å². The van der Waals surface area contributed by atoms with Gasteiger partial charge < -0.3 is 14.7 Å². The summed E-state index contributed by atoms with van der Waals surface area (Å²) in [6.07, 6.45) is 3.59. The van der Waals surface area contributed by atoms with Crippen LogP contribution in [-0.2, 0) is 14.3 Å². The summed E-state index contributed by atoms with van der Waals surface area (Å²) in [6.45, 7) is 0.994. The molecule has 1 saturated carbocycles. The van der Waals surface area contributed by atoms with Crippen molar-refractivity contribution < 1.29 is 19.4 Å². The maximum atomic E-state index is 12.1. The minimum atomic E-state index is -0.933. The van der Waals surface area contributed by atoms with Crippen LogP contribution in [-0.4, -0.2) is 47.7 Å². The third-order valence-corrected chi connectivity index (χ3v) is 3.09. The minimum Gasteiger partial charge on any atom is -0.480 e. The van der Waals surface area contributed by atoms with Gasteiger partial charge in [0.2, 0.25) is 5.91 Å². The summed E-state index contributed by atoms with van der Waals surface area (Å²) in [5, 5.41) is 8.78. The summed E-state index contributed by atoms with van der Waals surface area (Å²) < 4.78 is 5.26. The molecule has 0 aromatic carbocycles. The van der Waals surface area contributed by atoms with Crippen molar-refractivity contribution in [2.45, 2.75) is 31.7 Å². The van der Waals surface area contributed by atoms with Crippen molar-refractivity contribution in [2.24, 2.45) is 5.92 Å². The zero-order valence-corrected chi connectivity index (χ0v) is 9.22. The number of carboxylic acid groups (broad SMARTS) is 1.